The van der Waals surface area contributed by atoms with Crippen molar-refractivity contribution in [3.8, 4) is 5.75 Å². The van der Waals surface area contributed by atoms with Crippen molar-refractivity contribution in [2.24, 2.45) is 0 Å². The second kappa shape index (κ2) is 3.42. The van der Waals surface area contributed by atoms with Gasteiger partial charge in [0.1, 0.15) is 5.75 Å². The van der Waals surface area contributed by atoms with E-state index in [1.165, 1.54) is 0 Å². The summed E-state index contributed by atoms with van der Waals surface area (Å²) in [5.41, 5.74) is 9.73. The summed E-state index contributed by atoms with van der Waals surface area (Å²) in [5, 5.41) is 0.985. The van der Waals surface area contributed by atoms with Gasteiger partial charge in [0.15, 0.2) is 0 Å². The molecule has 0 atom stereocenters. The van der Waals surface area contributed by atoms with Gasteiger partial charge in [0.05, 0.1) is 12.6 Å². The Morgan fingerprint density at radius 3 is 2.67 bits per heavy atom. The quantitative estimate of drug-likeness (QED) is 0.772. The number of aryl methyl sites for hydroxylation is 1. The minimum atomic E-state index is 0.803. The number of fused-ring (bicyclic) bond motifs is 1. The van der Waals surface area contributed by atoms with Gasteiger partial charge >= 0.3 is 0 Å². The van der Waals surface area contributed by atoms with Crippen molar-refractivity contribution >= 4 is 16.6 Å². The third-order valence-electron chi connectivity index (χ3n) is 2.73. The minimum absolute atomic E-state index is 0.803. The Morgan fingerprint density at radius 2 is 2.00 bits per heavy atom. The van der Waals surface area contributed by atoms with E-state index in [0.29, 0.717) is 0 Å². The Bertz CT molecular complexity index is 521. The molecule has 0 radical (unpaired) electrons. The number of anilines is 1. The van der Waals surface area contributed by atoms with Crippen LogP contribution < -0.4 is 10.5 Å². The Hall–Kier alpha value is -1.77. The van der Waals surface area contributed by atoms with Crippen molar-refractivity contribution in [1.82, 2.24) is 4.98 Å². The maximum atomic E-state index is 6.03. The lowest BCUT2D eigenvalue weighted by Crippen LogP contribution is -1.97. The van der Waals surface area contributed by atoms with Gasteiger partial charge in [-0.1, -0.05) is 0 Å². The van der Waals surface area contributed by atoms with Crippen LogP contribution in [0.3, 0.4) is 0 Å². The van der Waals surface area contributed by atoms with Crippen LogP contribution >= 0.6 is 0 Å². The topological polar surface area (TPSA) is 48.1 Å². The molecule has 0 amide bonds. The molecule has 0 saturated heterocycles. The second-order valence-electron chi connectivity index (χ2n) is 3.62. The van der Waals surface area contributed by atoms with E-state index in [1.54, 1.807) is 7.11 Å². The maximum absolute atomic E-state index is 6.03. The summed E-state index contributed by atoms with van der Waals surface area (Å²) >= 11 is 0. The standard InChI is InChI=1S/C12H14N2O/c1-7-8(2)14-11-6-9(15-3)4-5-10(11)12(7)13/h4-6H,1-3H3,(H2,13,14). The fourth-order valence-electron chi connectivity index (χ4n) is 1.62. The number of pyridine rings is 1. The van der Waals surface area contributed by atoms with Crippen molar-refractivity contribution in [2.45, 2.75) is 13.8 Å². The van der Waals surface area contributed by atoms with Crippen molar-refractivity contribution < 1.29 is 4.74 Å². The summed E-state index contributed by atoms with van der Waals surface area (Å²) in [7, 11) is 1.64. The predicted octanol–water partition coefficient (Wildman–Crippen LogP) is 2.44. The number of hydrogen-bond donors (Lipinski definition) is 1. The first-order valence-corrected chi connectivity index (χ1v) is 4.84. The fraction of sp³-hybridized carbons (Fsp3) is 0.250. The van der Waals surface area contributed by atoms with Crippen LogP contribution in [0.15, 0.2) is 18.2 Å². The van der Waals surface area contributed by atoms with E-state index in [-0.39, 0.29) is 0 Å². The average molecular weight is 202 g/mol. The van der Waals surface area contributed by atoms with Gasteiger partial charge in [0, 0.05) is 22.8 Å². The molecule has 0 aliphatic rings. The Labute approximate surface area is 88.9 Å². The molecule has 0 unspecified atom stereocenters. The highest BCUT2D eigenvalue weighted by atomic mass is 16.5. The van der Waals surface area contributed by atoms with Crippen LogP contribution in [0.2, 0.25) is 0 Å². The molecule has 2 rings (SSSR count). The highest BCUT2D eigenvalue weighted by Gasteiger charge is 2.06. The second-order valence-corrected chi connectivity index (χ2v) is 3.62. The van der Waals surface area contributed by atoms with E-state index in [1.807, 2.05) is 32.0 Å². The summed E-state index contributed by atoms with van der Waals surface area (Å²) in [5.74, 6) is 0.803. The molecule has 0 spiro atoms. The zero-order valence-corrected chi connectivity index (χ0v) is 9.16. The number of benzene rings is 1. The van der Waals surface area contributed by atoms with Crippen LogP contribution in [0.4, 0.5) is 5.69 Å². The molecular formula is C12H14N2O. The summed E-state index contributed by atoms with van der Waals surface area (Å²) in [6.45, 7) is 3.95. The lowest BCUT2D eigenvalue weighted by atomic mass is 10.1. The van der Waals surface area contributed by atoms with Crippen LogP contribution in [0.25, 0.3) is 10.9 Å². The number of hydrogen-bond acceptors (Lipinski definition) is 3. The zero-order valence-electron chi connectivity index (χ0n) is 9.16. The molecule has 1 aromatic heterocycles. The van der Waals surface area contributed by atoms with E-state index in [0.717, 1.165) is 33.6 Å². The van der Waals surface area contributed by atoms with Crippen molar-refractivity contribution in [3.05, 3.63) is 29.5 Å². The van der Waals surface area contributed by atoms with Gasteiger partial charge in [-0.25, -0.2) is 0 Å². The summed E-state index contributed by atoms with van der Waals surface area (Å²) in [4.78, 5) is 4.48. The molecule has 15 heavy (non-hydrogen) atoms. The van der Waals surface area contributed by atoms with E-state index >= 15 is 0 Å². The Morgan fingerprint density at radius 1 is 1.27 bits per heavy atom. The fourth-order valence-corrected chi connectivity index (χ4v) is 1.62. The third-order valence-corrected chi connectivity index (χ3v) is 2.73. The van der Waals surface area contributed by atoms with Crippen molar-refractivity contribution in [2.75, 3.05) is 12.8 Å². The molecule has 0 saturated carbocycles. The summed E-state index contributed by atoms with van der Waals surface area (Å²) < 4.78 is 5.15. The van der Waals surface area contributed by atoms with Gasteiger partial charge < -0.3 is 10.5 Å². The van der Waals surface area contributed by atoms with Crippen LogP contribution in [0.5, 0.6) is 5.75 Å². The van der Waals surface area contributed by atoms with Gasteiger partial charge in [0.2, 0.25) is 0 Å². The molecule has 3 nitrogen and oxygen atoms in total. The molecule has 1 heterocycles. The van der Waals surface area contributed by atoms with E-state index < -0.39 is 0 Å². The van der Waals surface area contributed by atoms with Crippen molar-refractivity contribution in [3.63, 3.8) is 0 Å². The maximum Gasteiger partial charge on any atom is 0.121 e. The number of nitrogens with two attached hydrogens (primary N) is 1. The number of nitrogens with zero attached hydrogens (tertiary/aromatic N) is 1. The summed E-state index contributed by atoms with van der Waals surface area (Å²) in [6.07, 6.45) is 0. The van der Waals surface area contributed by atoms with E-state index in [9.17, 15) is 0 Å². The number of ether oxygens (including phenoxy) is 1. The van der Waals surface area contributed by atoms with Crippen LogP contribution in [-0.2, 0) is 0 Å². The number of nitrogen functional groups attached to an aromatic ring is 1. The first-order valence-electron chi connectivity index (χ1n) is 4.84. The smallest absolute Gasteiger partial charge is 0.121 e. The molecule has 1 aromatic carbocycles. The Balaban J connectivity index is 2.80. The molecule has 2 aromatic rings. The molecule has 0 bridgehead atoms. The molecule has 78 valence electrons. The monoisotopic (exact) mass is 202 g/mol. The van der Waals surface area contributed by atoms with Gasteiger partial charge in [0.25, 0.3) is 0 Å². The molecule has 0 aliphatic heterocycles. The SMILES string of the molecule is COc1ccc2c(N)c(C)c(C)nc2c1. The highest BCUT2D eigenvalue weighted by Crippen LogP contribution is 2.27. The predicted molar refractivity (Wildman–Crippen MR) is 62.2 cm³/mol. The number of aromatic nitrogens is 1. The minimum Gasteiger partial charge on any atom is -0.497 e. The average Bonchev–Trinajstić information content (AvgIpc) is 2.25. The van der Waals surface area contributed by atoms with Crippen LogP contribution in [-0.4, -0.2) is 12.1 Å². The highest BCUT2D eigenvalue weighted by molar-refractivity contribution is 5.92. The largest absolute Gasteiger partial charge is 0.497 e. The third kappa shape index (κ3) is 1.50. The molecular weight excluding hydrogens is 188 g/mol. The number of rotatable bonds is 1. The van der Waals surface area contributed by atoms with Gasteiger partial charge in [-0.15, -0.1) is 0 Å². The van der Waals surface area contributed by atoms with Crippen molar-refractivity contribution in [1.29, 1.82) is 0 Å². The van der Waals surface area contributed by atoms with E-state index in [4.69, 9.17) is 10.5 Å². The summed E-state index contributed by atoms with van der Waals surface area (Å²) in [6, 6.07) is 5.75. The van der Waals surface area contributed by atoms with Gasteiger partial charge in [-0.2, -0.15) is 0 Å². The lowest BCUT2D eigenvalue weighted by Gasteiger charge is -2.09. The Kier molecular flexibility index (Phi) is 2.23. The molecule has 3 heteroatoms. The first-order chi connectivity index (χ1) is 7.13. The molecule has 2 N–H and O–H groups in total. The normalized spacial score (nSPS) is 10.6. The first kappa shape index (κ1) is 9.77. The van der Waals surface area contributed by atoms with Crippen LogP contribution in [0, 0.1) is 13.8 Å². The number of methoxy groups -OCH3 is 1. The van der Waals surface area contributed by atoms with E-state index in [2.05, 4.69) is 4.98 Å². The van der Waals surface area contributed by atoms with Crippen LogP contribution in [0.1, 0.15) is 11.3 Å². The van der Waals surface area contributed by atoms with Gasteiger partial charge in [-0.3, -0.25) is 4.98 Å². The molecule has 0 fully saturated rings. The lowest BCUT2D eigenvalue weighted by molar-refractivity contribution is 0.415. The molecule has 0 aliphatic carbocycles. The zero-order chi connectivity index (χ0) is 11.0. The van der Waals surface area contributed by atoms with Gasteiger partial charge in [-0.05, 0) is 31.5 Å².